The summed E-state index contributed by atoms with van der Waals surface area (Å²) in [6.07, 6.45) is 5.68. The normalized spacial score (nSPS) is 35.2. The molecule has 1 fully saturated rings. The molecule has 1 heteroatoms. The molecular weight excluding hydrogens is 134 g/mol. The fourth-order valence-electron chi connectivity index (χ4n) is 2.05. The quantitative estimate of drug-likeness (QED) is 0.651. The van der Waals surface area contributed by atoms with Gasteiger partial charge in [-0.05, 0) is 37.1 Å². The highest BCUT2D eigenvalue weighted by atomic mass is 14.5. The maximum absolute atomic E-state index is 5.64. The van der Waals surface area contributed by atoms with E-state index in [1.165, 1.54) is 25.7 Å². The van der Waals surface area contributed by atoms with E-state index in [-0.39, 0.29) is 0 Å². The van der Waals surface area contributed by atoms with E-state index in [0.29, 0.717) is 0 Å². The molecule has 0 amide bonds. The highest BCUT2D eigenvalue weighted by molar-refractivity contribution is 4.74. The molecule has 1 nitrogen and oxygen atoms in total. The molecule has 0 radical (unpaired) electrons. The van der Waals surface area contributed by atoms with Gasteiger partial charge >= 0.3 is 0 Å². The van der Waals surface area contributed by atoms with E-state index >= 15 is 0 Å². The van der Waals surface area contributed by atoms with Crippen LogP contribution >= 0.6 is 0 Å². The molecule has 1 atom stereocenters. The third-order valence-corrected chi connectivity index (χ3v) is 3.24. The van der Waals surface area contributed by atoms with Gasteiger partial charge in [0.1, 0.15) is 0 Å². The van der Waals surface area contributed by atoms with E-state index in [9.17, 15) is 0 Å². The van der Waals surface area contributed by atoms with Crippen molar-refractivity contribution in [3.05, 3.63) is 0 Å². The number of nitrogens with two attached hydrogens (primary N) is 1. The summed E-state index contributed by atoms with van der Waals surface area (Å²) in [7, 11) is 0. The molecule has 1 aliphatic rings. The highest BCUT2D eigenvalue weighted by Gasteiger charge is 2.21. The smallest absolute Gasteiger partial charge is 0.00489 e. The van der Waals surface area contributed by atoms with Crippen LogP contribution in [-0.4, -0.2) is 6.54 Å². The summed E-state index contributed by atoms with van der Waals surface area (Å²) in [4.78, 5) is 0. The van der Waals surface area contributed by atoms with Crippen LogP contribution in [0.25, 0.3) is 0 Å². The molecule has 1 rings (SSSR count). The summed E-state index contributed by atoms with van der Waals surface area (Å²) in [5, 5.41) is 0. The Morgan fingerprint density at radius 3 is 2.27 bits per heavy atom. The molecule has 11 heavy (non-hydrogen) atoms. The van der Waals surface area contributed by atoms with Gasteiger partial charge < -0.3 is 5.73 Å². The lowest BCUT2D eigenvalue weighted by Gasteiger charge is -2.29. The second-order valence-corrected chi connectivity index (χ2v) is 4.23. The molecule has 1 saturated carbocycles. The van der Waals surface area contributed by atoms with Crippen LogP contribution in [0.5, 0.6) is 0 Å². The van der Waals surface area contributed by atoms with Crippen molar-refractivity contribution < 1.29 is 0 Å². The first-order chi connectivity index (χ1) is 5.24. The van der Waals surface area contributed by atoms with Crippen molar-refractivity contribution in [3.63, 3.8) is 0 Å². The van der Waals surface area contributed by atoms with Crippen molar-refractivity contribution in [2.45, 2.75) is 39.5 Å². The van der Waals surface area contributed by atoms with E-state index < -0.39 is 0 Å². The lowest BCUT2D eigenvalue weighted by Crippen LogP contribution is -2.24. The minimum atomic E-state index is 0.752. The number of hydrogen-bond acceptors (Lipinski definition) is 1. The molecule has 0 aliphatic heterocycles. The summed E-state index contributed by atoms with van der Waals surface area (Å²) >= 11 is 0. The summed E-state index contributed by atoms with van der Waals surface area (Å²) in [5.41, 5.74) is 5.64. The molecule has 2 N–H and O–H groups in total. The topological polar surface area (TPSA) is 26.0 Å². The van der Waals surface area contributed by atoms with Crippen LogP contribution in [0.1, 0.15) is 39.5 Å². The van der Waals surface area contributed by atoms with Gasteiger partial charge in [-0.1, -0.05) is 26.7 Å². The van der Waals surface area contributed by atoms with Gasteiger partial charge in [0, 0.05) is 0 Å². The fraction of sp³-hybridized carbons (Fsp3) is 1.00. The Bertz CT molecular complexity index is 103. The Labute approximate surface area is 70.4 Å². The van der Waals surface area contributed by atoms with Crippen LogP contribution in [0.2, 0.25) is 0 Å². The molecule has 0 heterocycles. The molecule has 0 aromatic heterocycles. The zero-order valence-electron chi connectivity index (χ0n) is 7.84. The zero-order valence-corrected chi connectivity index (χ0v) is 7.84. The van der Waals surface area contributed by atoms with Crippen LogP contribution in [0.4, 0.5) is 0 Å². The van der Waals surface area contributed by atoms with E-state index in [2.05, 4.69) is 13.8 Å². The van der Waals surface area contributed by atoms with Gasteiger partial charge in [0.2, 0.25) is 0 Å². The SMILES string of the molecule is CC1CCC([C@@H](C)CN)CC1. The van der Waals surface area contributed by atoms with Gasteiger partial charge in [-0.25, -0.2) is 0 Å². The van der Waals surface area contributed by atoms with Crippen molar-refractivity contribution in [1.82, 2.24) is 0 Å². The third-order valence-electron chi connectivity index (χ3n) is 3.24. The second kappa shape index (κ2) is 4.10. The molecule has 0 spiro atoms. The Kier molecular flexibility index (Phi) is 3.38. The van der Waals surface area contributed by atoms with Gasteiger partial charge in [-0.3, -0.25) is 0 Å². The predicted molar refractivity (Wildman–Crippen MR) is 49.3 cm³/mol. The van der Waals surface area contributed by atoms with E-state index in [0.717, 1.165) is 24.3 Å². The molecule has 0 unspecified atom stereocenters. The van der Waals surface area contributed by atoms with Gasteiger partial charge in [0.15, 0.2) is 0 Å². The molecule has 0 bridgehead atoms. The molecule has 1 aliphatic carbocycles. The minimum Gasteiger partial charge on any atom is -0.330 e. The molecule has 66 valence electrons. The first-order valence-corrected chi connectivity index (χ1v) is 4.94. The largest absolute Gasteiger partial charge is 0.330 e. The Balaban J connectivity index is 2.27. The Hall–Kier alpha value is -0.0400. The maximum atomic E-state index is 5.64. The van der Waals surface area contributed by atoms with Crippen LogP contribution in [-0.2, 0) is 0 Å². The molecular formula is C10H21N. The average molecular weight is 155 g/mol. The maximum Gasteiger partial charge on any atom is -0.00489 e. The standard InChI is InChI=1S/C10H21N/c1-8-3-5-10(6-4-8)9(2)7-11/h8-10H,3-7,11H2,1-2H3/t8?,9-,10?/m0/s1. The first-order valence-electron chi connectivity index (χ1n) is 4.94. The second-order valence-electron chi connectivity index (χ2n) is 4.23. The van der Waals surface area contributed by atoms with Gasteiger partial charge in [-0.2, -0.15) is 0 Å². The van der Waals surface area contributed by atoms with Crippen molar-refractivity contribution in [3.8, 4) is 0 Å². The summed E-state index contributed by atoms with van der Waals surface area (Å²) < 4.78 is 0. The molecule has 0 aromatic rings. The van der Waals surface area contributed by atoms with Crippen LogP contribution in [0.3, 0.4) is 0 Å². The summed E-state index contributed by atoms with van der Waals surface area (Å²) in [6, 6.07) is 0. The fourth-order valence-corrected chi connectivity index (χ4v) is 2.05. The molecule has 0 saturated heterocycles. The number of hydrogen-bond donors (Lipinski definition) is 1. The summed E-state index contributed by atoms with van der Waals surface area (Å²) in [6.45, 7) is 5.53. The monoisotopic (exact) mass is 155 g/mol. The first kappa shape index (κ1) is 9.05. The van der Waals surface area contributed by atoms with E-state index in [1.54, 1.807) is 0 Å². The zero-order chi connectivity index (χ0) is 8.27. The lowest BCUT2D eigenvalue weighted by atomic mass is 9.77. The minimum absolute atomic E-state index is 0.752. The highest BCUT2D eigenvalue weighted by Crippen LogP contribution is 2.32. The molecule has 0 aromatic carbocycles. The van der Waals surface area contributed by atoms with Gasteiger partial charge in [-0.15, -0.1) is 0 Å². The third kappa shape index (κ3) is 2.48. The Morgan fingerprint density at radius 2 is 1.82 bits per heavy atom. The van der Waals surface area contributed by atoms with Crippen LogP contribution < -0.4 is 5.73 Å². The van der Waals surface area contributed by atoms with E-state index in [4.69, 9.17) is 5.73 Å². The van der Waals surface area contributed by atoms with Crippen molar-refractivity contribution in [1.29, 1.82) is 0 Å². The van der Waals surface area contributed by atoms with Crippen molar-refractivity contribution in [2.24, 2.45) is 23.5 Å². The van der Waals surface area contributed by atoms with Crippen molar-refractivity contribution >= 4 is 0 Å². The van der Waals surface area contributed by atoms with E-state index in [1.807, 2.05) is 0 Å². The van der Waals surface area contributed by atoms with Crippen molar-refractivity contribution in [2.75, 3.05) is 6.54 Å². The van der Waals surface area contributed by atoms with Crippen LogP contribution in [0, 0.1) is 17.8 Å². The Morgan fingerprint density at radius 1 is 1.27 bits per heavy atom. The summed E-state index contributed by atoms with van der Waals surface area (Å²) in [5.74, 6) is 2.65. The van der Waals surface area contributed by atoms with Gasteiger partial charge in [0.25, 0.3) is 0 Å². The average Bonchev–Trinajstić information content (AvgIpc) is 2.05. The number of rotatable bonds is 2. The van der Waals surface area contributed by atoms with Crippen LogP contribution in [0.15, 0.2) is 0 Å². The lowest BCUT2D eigenvalue weighted by molar-refractivity contribution is 0.227. The predicted octanol–water partition coefficient (Wildman–Crippen LogP) is 2.41. The van der Waals surface area contributed by atoms with Gasteiger partial charge in [0.05, 0.1) is 0 Å².